The zero-order valence-corrected chi connectivity index (χ0v) is 10.0. The van der Waals surface area contributed by atoms with E-state index in [9.17, 15) is 0 Å². The number of benzene rings is 1. The second-order valence-corrected chi connectivity index (χ2v) is 4.28. The van der Waals surface area contributed by atoms with E-state index in [1.54, 1.807) is 0 Å². The number of hydrogen-bond acceptors (Lipinski definition) is 1. The van der Waals surface area contributed by atoms with E-state index in [2.05, 4.69) is 34.7 Å². The maximum absolute atomic E-state index is 5.08. The summed E-state index contributed by atoms with van der Waals surface area (Å²) in [6.45, 7) is 1.93. The highest BCUT2D eigenvalue weighted by molar-refractivity contribution is 14.1. The van der Waals surface area contributed by atoms with Crippen molar-refractivity contribution < 1.29 is 0 Å². The van der Waals surface area contributed by atoms with Crippen LogP contribution in [0.25, 0.3) is 0 Å². The summed E-state index contributed by atoms with van der Waals surface area (Å²) in [5.74, 6) is 0. The zero-order valence-electron chi connectivity index (χ0n) is 7.04. The summed E-state index contributed by atoms with van der Waals surface area (Å²) < 4.78 is 1.22. The minimum Gasteiger partial charge on any atom is -0.339 e. The minimum absolute atomic E-state index is 0.888. The summed E-state index contributed by atoms with van der Waals surface area (Å²) in [4.78, 5) is 2.90. The second-order valence-electron chi connectivity index (χ2n) is 2.53. The van der Waals surface area contributed by atoms with Gasteiger partial charge in [0.2, 0.25) is 0 Å². The molecule has 0 aliphatic rings. The molecule has 1 aromatic carbocycles. The number of rotatable bonds is 1. The van der Waals surface area contributed by atoms with E-state index >= 15 is 0 Å². The Hall–Kier alpha value is -0.160. The van der Waals surface area contributed by atoms with Crippen molar-refractivity contribution in [3.63, 3.8) is 0 Å². The average Bonchev–Trinajstić information content (AvgIpc) is 2.04. The highest BCUT2D eigenvalue weighted by Crippen LogP contribution is 2.20. The molecule has 0 saturated heterocycles. The number of hydrogen-bond donors (Lipinski definition) is 0. The van der Waals surface area contributed by atoms with Crippen molar-refractivity contribution in [3.05, 3.63) is 27.8 Å². The monoisotopic (exact) mass is 291 g/mol. The lowest BCUT2D eigenvalue weighted by Crippen LogP contribution is -2.21. The van der Waals surface area contributed by atoms with Crippen LogP contribution in [-0.4, -0.2) is 12.0 Å². The third kappa shape index (κ3) is 2.17. The Morgan fingerprint density at radius 3 is 2.50 bits per heavy atom. The molecule has 0 aliphatic heterocycles. The predicted octanol–water partition coefficient (Wildman–Crippen LogP) is 3.07. The van der Waals surface area contributed by atoms with Gasteiger partial charge < -0.3 is 4.90 Å². The van der Waals surface area contributed by atoms with Crippen molar-refractivity contribution in [1.29, 1.82) is 0 Å². The fraction of sp³-hybridized carbons (Fsp3) is 0.222. The highest BCUT2D eigenvalue weighted by atomic mass is 127. The topological polar surface area (TPSA) is 3.24 Å². The minimum atomic E-state index is 0.888. The van der Waals surface area contributed by atoms with E-state index in [1.807, 2.05) is 31.0 Å². The quantitative estimate of drug-likeness (QED) is 0.578. The van der Waals surface area contributed by atoms with E-state index in [0.29, 0.717) is 0 Å². The molecular weight excluding hydrogens is 281 g/mol. The number of para-hydroxylation sites is 1. The standard InChI is InChI=1S/C9H10INS/c1-7(12)11(2)9-6-4-3-5-8(9)10/h3-6H,1-2H3. The van der Waals surface area contributed by atoms with Gasteiger partial charge in [0.15, 0.2) is 0 Å². The molecule has 0 amide bonds. The summed E-state index contributed by atoms with van der Waals surface area (Å²) in [6, 6.07) is 8.19. The first-order valence-corrected chi connectivity index (χ1v) is 5.10. The largest absolute Gasteiger partial charge is 0.339 e. The van der Waals surface area contributed by atoms with Crippen LogP contribution in [0.3, 0.4) is 0 Å². The van der Waals surface area contributed by atoms with Crippen molar-refractivity contribution in [2.75, 3.05) is 11.9 Å². The Morgan fingerprint density at radius 1 is 1.42 bits per heavy atom. The van der Waals surface area contributed by atoms with Crippen LogP contribution in [-0.2, 0) is 0 Å². The third-order valence-electron chi connectivity index (χ3n) is 1.69. The molecule has 1 aromatic rings. The lowest BCUT2D eigenvalue weighted by atomic mass is 10.3. The molecule has 0 saturated carbocycles. The van der Waals surface area contributed by atoms with Crippen molar-refractivity contribution >= 4 is 45.5 Å². The molecular formula is C9H10INS. The Kier molecular flexibility index (Phi) is 3.46. The SMILES string of the molecule is CC(=S)N(C)c1ccccc1I. The summed E-state index contributed by atoms with van der Waals surface area (Å²) in [7, 11) is 1.99. The second kappa shape index (κ2) is 4.18. The van der Waals surface area contributed by atoms with Gasteiger partial charge >= 0.3 is 0 Å². The molecule has 0 N–H and O–H groups in total. The van der Waals surface area contributed by atoms with Gasteiger partial charge in [0, 0.05) is 10.6 Å². The smallest absolute Gasteiger partial charge is 0.0789 e. The number of thiocarbonyl (C=S) groups is 1. The first kappa shape index (κ1) is 9.92. The van der Waals surface area contributed by atoms with Crippen molar-refractivity contribution in [3.8, 4) is 0 Å². The number of anilines is 1. The molecule has 0 spiro atoms. The molecule has 0 aliphatic carbocycles. The number of halogens is 1. The van der Waals surface area contributed by atoms with E-state index in [-0.39, 0.29) is 0 Å². The summed E-state index contributed by atoms with van der Waals surface area (Å²) in [5.41, 5.74) is 1.17. The van der Waals surface area contributed by atoms with Gasteiger partial charge in [0.1, 0.15) is 0 Å². The van der Waals surface area contributed by atoms with Gasteiger partial charge in [-0.1, -0.05) is 24.4 Å². The van der Waals surface area contributed by atoms with E-state index in [4.69, 9.17) is 12.2 Å². The summed E-state index contributed by atoms with van der Waals surface area (Å²) in [6.07, 6.45) is 0. The van der Waals surface area contributed by atoms with Crippen LogP contribution >= 0.6 is 34.8 Å². The Bertz CT molecular complexity index is 298. The number of nitrogens with zero attached hydrogens (tertiary/aromatic N) is 1. The van der Waals surface area contributed by atoms with Gasteiger partial charge in [-0.3, -0.25) is 0 Å². The molecule has 12 heavy (non-hydrogen) atoms. The fourth-order valence-electron chi connectivity index (χ4n) is 0.893. The van der Waals surface area contributed by atoms with Crippen LogP contribution < -0.4 is 4.90 Å². The van der Waals surface area contributed by atoms with Gasteiger partial charge in [-0.25, -0.2) is 0 Å². The summed E-state index contributed by atoms with van der Waals surface area (Å²) in [5, 5.41) is 0. The van der Waals surface area contributed by atoms with Crippen LogP contribution in [0.5, 0.6) is 0 Å². The third-order valence-corrected chi connectivity index (χ3v) is 2.87. The predicted molar refractivity (Wildman–Crippen MR) is 65.8 cm³/mol. The molecule has 0 fully saturated rings. The van der Waals surface area contributed by atoms with Crippen LogP contribution in [0, 0.1) is 3.57 Å². The van der Waals surface area contributed by atoms with E-state index in [1.165, 1.54) is 9.26 Å². The van der Waals surface area contributed by atoms with Crippen LogP contribution in [0.15, 0.2) is 24.3 Å². The van der Waals surface area contributed by atoms with Crippen molar-refractivity contribution in [1.82, 2.24) is 0 Å². The van der Waals surface area contributed by atoms with Crippen molar-refractivity contribution in [2.24, 2.45) is 0 Å². The molecule has 0 atom stereocenters. The molecule has 1 rings (SSSR count). The Labute approximate surface area is 91.9 Å². The van der Waals surface area contributed by atoms with Crippen LogP contribution in [0.4, 0.5) is 5.69 Å². The summed E-state index contributed by atoms with van der Waals surface area (Å²) >= 11 is 7.39. The molecule has 0 radical (unpaired) electrons. The van der Waals surface area contributed by atoms with Crippen LogP contribution in [0.2, 0.25) is 0 Å². The Balaban J connectivity index is 3.02. The van der Waals surface area contributed by atoms with E-state index < -0.39 is 0 Å². The molecule has 1 nitrogen and oxygen atoms in total. The zero-order chi connectivity index (χ0) is 9.14. The normalized spacial score (nSPS) is 9.58. The van der Waals surface area contributed by atoms with Gasteiger partial charge in [-0.15, -0.1) is 0 Å². The molecule has 64 valence electrons. The molecule has 3 heteroatoms. The van der Waals surface area contributed by atoms with Gasteiger partial charge in [0.25, 0.3) is 0 Å². The van der Waals surface area contributed by atoms with Gasteiger partial charge in [0.05, 0.1) is 10.7 Å². The fourth-order valence-corrected chi connectivity index (χ4v) is 1.74. The lowest BCUT2D eigenvalue weighted by Gasteiger charge is -2.18. The Morgan fingerprint density at radius 2 is 2.00 bits per heavy atom. The molecule has 0 unspecified atom stereocenters. The van der Waals surface area contributed by atoms with Crippen LogP contribution in [0.1, 0.15) is 6.92 Å². The first-order chi connectivity index (χ1) is 5.63. The molecule has 0 heterocycles. The lowest BCUT2D eigenvalue weighted by molar-refractivity contribution is 1.27. The average molecular weight is 291 g/mol. The van der Waals surface area contributed by atoms with Crippen molar-refractivity contribution in [2.45, 2.75) is 6.92 Å². The van der Waals surface area contributed by atoms with Gasteiger partial charge in [-0.2, -0.15) is 0 Å². The van der Waals surface area contributed by atoms with Gasteiger partial charge in [-0.05, 0) is 41.6 Å². The molecule has 0 bridgehead atoms. The first-order valence-electron chi connectivity index (χ1n) is 3.61. The maximum atomic E-state index is 5.08. The maximum Gasteiger partial charge on any atom is 0.0789 e. The highest BCUT2D eigenvalue weighted by Gasteiger charge is 2.04. The van der Waals surface area contributed by atoms with E-state index in [0.717, 1.165) is 4.99 Å². The molecule has 0 aromatic heterocycles.